The van der Waals surface area contributed by atoms with Crippen LogP contribution in [0.5, 0.6) is 0 Å². The molecular formula is C35H39BrN2O2. The predicted molar refractivity (Wildman–Crippen MR) is 168 cm³/mol. The van der Waals surface area contributed by atoms with Gasteiger partial charge in [0, 0.05) is 51.0 Å². The number of carbonyl (C=O) groups is 1. The number of aromatic nitrogens is 1. The van der Waals surface area contributed by atoms with E-state index >= 15 is 0 Å². The van der Waals surface area contributed by atoms with E-state index in [0.29, 0.717) is 5.92 Å². The maximum Gasteiger partial charge on any atom is 0.312 e. The largest absolute Gasteiger partial charge is 0.469 e. The number of nitrogens with one attached hydrogen (secondary N) is 1. The summed E-state index contributed by atoms with van der Waals surface area (Å²) >= 11 is 3.54. The first-order chi connectivity index (χ1) is 19.2. The molecule has 1 aromatic heterocycles. The molecule has 6 rings (SSSR count). The highest BCUT2D eigenvalue weighted by Gasteiger charge is 2.58. The van der Waals surface area contributed by atoms with Crippen molar-refractivity contribution >= 4 is 38.5 Å². The molecule has 1 fully saturated rings. The summed E-state index contributed by atoms with van der Waals surface area (Å²) in [6, 6.07) is 24.2. The van der Waals surface area contributed by atoms with Crippen LogP contribution in [0.15, 0.2) is 71.2 Å². The van der Waals surface area contributed by atoms with Gasteiger partial charge in [0.1, 0.15) is 0 Å². The van der Waals surface area contributed by atoms with Gasteiger partial charge in [-0.25, -0.2) is 0 Å². The zero-order valence-electron chi connectivity index (χ0n) is 24.2. The van der Waals surface area contributed by atoms with Crippen LogP contribution in [-0.4, -0.2) is 24.2 Å². The summed E-state index contributed by atoms with van der Waals surface area (Å²) in [7, 11) is 1.54. The molecule has 2 aliphatic rings. The van der Waals surface area contributed by atoms with Crippen molar-refractivity contribution in [2.24, 2.45) is 5.41 Å². The molecule has 40 heavy (non-hydrogen) atoms. The number of ether oxygens (including phenoxy) is 1. The van der Waals surface area contributed by atoms with E-state index in [1.54, 1.807) is 7.11 Å². The molecule has 4 aromatic rings. The van der Waals surface area contributed by atoms with Crippen LogP contribution >= 0.6 is 15.9 Å². The fourth-order valence-corrected chi connectivity index (χ4v) is 8.10. The Hall–Kier alpha value is -3.05. The lowest BCUT2D eigenvalue weighted by molar-refractivity contribution is -0.157. The maximum absolute atomic E-state index is 13.6. The highest BCUT2D eigenvalue weighted by Crippen LogP contribution is 2.65. The lowest BCUT2D eigenvalue weighted by atomic mass is 9.49. The second kappa shape index (κ2) is 10.1. The molecule has 3 aromatic carbocycles. The van der Waals surface area contributed by atoms with Gasteiger partial charge in [0.25, 0.3) is 0 Å². The number of para-hydroxylation sites is 1. The lowest BCUT2D eigenvalue weighted by Gasteiger charge is -2.54. The van der Waals surface area contributed by atoms with E-state index in [1.165, 1.54) is 38.9 Å². The molecule has 0 spiro atoms. The van der Waals surface area contributed by atoms with Crippen molar-refractivity contribution in [1.29, 1.82) is 0 Å². The third-order valence-corrected chi connectivity index (χ3v) is 10.2. The highest BCUT2D eigenvalue weighted by atomic mass is 79.9. The van der Waals surface area contributed by atoms with Crippen molar-refractivity contribution in [3.05, 3.63) is 87.9 Å². The van der Waals surface area contributed by atoms with Gasteiger partial charge >= 0.3 is 5.97 Å². The number of fused-ring (bicyclic) bond motifs is 8. The number of rotatable bonds is 6. The summed E-state index contributed by atoms with van der Waals surface area (Å²) < 4.78 is 9.10. The highest BCUT2D eigenvalue weighted by molar-refractivity contribution is 9.10. The van der Waals surface area contributed by atoms with Crippen molar-refractivity contribution in [2.75, 3.05) is 19.0 Å². The molecule has 1 saturated carbocycles. The van der Waals surface area contributed by atoms with E-state index < -0.39 is 5.41 Å². The number of hydrogen-bond acceptors (Lipinski definition) is 3. The Morgan fingerprint density at radius 1 is 1.07 bits per heavy atom. The first kappa shape index (κ1) is 27.1. The molecule has 2 aliphatic carbocycles. The van der Waals surface area contributed by atoms with Gasteiger partial charge < -0.3 is 14.6 Å². The molecular weight excluding hydrogens is 560 g/mol. The van der Waals surface area contributed by atoms with Crippen LogP contribution in [0.4, 0.5) is 5.69 Å². The van der Waals surface area contributed by atoms with Crippen LogP contribution < -0.4 is 5.32 Å². The summed E-state index contributed by atoms with van der Waals surface area (Å²) in [5.41, 5.74) is 8.21. The predicted octanol–water partition coefficient (Wildman–Crippen LogP) is 9.02. The molecule has 4 nitrogen and oxygen atoms in total. The molecule has 0 unspecified atom stereocenters. The van der Waals surface area contributed by atoms with Gasteiger partial charge in [-0.3, -0.25) is 4.79 Å². The van der Waals surface area contributed by atoms with Crippen LogP contribution in [-0.2, 0) is 21.5 Å². The Labute approximate surface area is 246 Å². The average molecular weight is 600 g/mol. The number of hydrogen-bond donors (Lipinski definition) is 1. The van der Waals surface area contributed by atoms with Gasteiger partial charge in [-0.2, -0.15) is 0 Å². The summed E-state index contributed by atoms with van der Waals surface area (Å²) in [5.74, 6) is 0.368. The fraction of sp³-hybridized carbons (Fsp3) is 0.400. The quantitative estimate of drug-likeness (QED) is 0.225. The summed E-state index contributed by atoms with van der Waals surface area (Å²) in [4.78, 5) is 13.6. The first-order valence-electron chi connectivity index (χ1n) is 14.5. The van der Waals surface area contributed by atoms with Crippen molar-refractivity contribution in [3.8, 4) is 11.3 Å². The molecule has 208 valence electrons. The Morgan fingerprint density at radius 2 is 1.82 bits per heavy atom. The molecule has 0 bridgehead atoms. The minimum atomic E-state index is -0.602. The second-order valence-corrected chi connectivity index (χ2v) is 13.4. The molecule has 0 aliphatic heterocycles. The van der Waals surface area contributed by atoms with E-state index in [-0.39, 0.29) is 17.3 Å². The number of esters is 1. The SMILES string of the molecule is COC(=O)[C@]1(C)CCC[C@]2(C)c3ccc(C(C)C)cc3-c3c(c4ccccc4n3CCNc3ccc(Br)cc3)[C@@H]12. The summed E-state index contributed by atoms with van der Waals surface area (Å²) in [5, 5.41) is 4.89. The van der Waals surface area contributed by atoms with Crippen LogP contribution in [0, 0.1) is 5.41 Å². The van der Waals surface area contributed by atoms with Gasteiger partial charge in [0.05, 0.1) is 18.2 Å². The van der Waals surface area contributed by atoms with Crippen molar-refractivity contribution in [3.63, 3.8) is 0 Å². The number of nitrogens with zero attached hydrogens (tertiary/aromatic N) is 1. The number of halogens is 1. The van der Waals surface area contributed by atoms with Crippen molar-refractivity contribution in [2.45, 2.75) is 70.8 Å². The Kier molecular flexibility index (Phi) is 6.85. The zero-order valence-corrected chi connectivity index (χ0v) is 25.8. The molecule has 5 heteroatoms. The van der Waals surface area contributed by atoms with Crippen LogP contribution in [0.2, 0.25) is 0 Å². The topological polar surface area (TPSA) is 43.3 Å². The molecule has 0 saturated heterocycles. The Morgan fingerprint density at radius 3 is 2.55 bits per heavy atom. The number of carbonyl (C=O) groups excluding carboxylic acids is 1. The van der Waals surface area contributed by atoms with Crippen molar-refractivity contribution in [1.82, 2.24) is 4.57 Å². The maximum atomic E-state index is 13.6. The number of anilines is 1. The average Bonchev–Trinajstić information content (AvgIpc) is 3.27. The molecule has 0 radical (unpaired) electrons. The summed E-state index contributed by atoms with van der Waals surface area (Å²) in [6.07, 6.45) is 2.90. The number of methoxy groups -OCH3 is 1. The third-order valence-electron chi connectivity index (χ3n) is 9.71. The standard InChI is InChI=1S/C35H39BrN2O2/c1-22(2)23-11-16-28-27(21-23)31-30(32-34(28,3)17-8-18-35(32,4)33(39)40-5)26-9-6-7-10-29(26)38(31)20-19-37-25-14-12-24(36)13-15-25/h6-7,9-16,21-22,32,37H,8,17-20H2,1-5H3/t32-,34-,35-/m1/s1. The van der Waals surface area contributed by atoms with E-state index in [4.69, 9.17) is 4.74 Å². The second-order valence-electron chi connectivity index (χ2n) is 12.4. The van der Waals surface area contributed by atoms with Gasteiger partial charge in [-0.05, 0) is 78.8 Å². The Bertz CT molecular complexity index is 1590. The van der Waals surface area contributed by atoms with E-state index in [1.807, 2.05) is 0 Å². The summed E-state index contributed by atoms with van der Waals surface area (Å²) in [6.45, 7) is 10.7. The third kappa shape index (κ3) is 4.11. The van der Waals surface area contributed by atoms with Crippen LogP contribution in [0.3, 0.4) is 0 Å². The minimum Gasteiger partial charge on any atom is -0.469 e. The normalized spacial score (nSPS) is 23.4. The zero-order chi connectivity index (χ0) is 28.2. The minimum absolute atomic E-state index is 0.0270. The van der Waals surface area contributed by atoms with E-state index in [9.17, 15) is 4.79 Å². The smallest absolute Gasteiger partial charge is 0.312 e. The molecule has 0 amide bonds. The van der Waals surface area contributed by atoms with E-state index in [2.05, 4.69) is 120 Å². The van der Waals surface area contributed by atoms with Gasteiger partial charge in [-0.1, -0.05) is 73.5 Å². The molecule has 1 heterocycles. The molecule has 1 N–H and O–H groups in total. The number of benzene rings is 3. The van der Waals surface area contributed by atoms with Crippen molar-refractivity contribution < 1.29 is 9.53 Å². The molecule has 3 atom stereocenters. The van der Waals surface area contributed by atoms with Crippen LogP contribution in [0.25, 0.3) is 22.2 Å². The monoisotopic (exact) mass is 598 g/mol. The Balaban J connectivity index is 1.59. The van der Waals surface area contributed by atoms with Gasteiger partial charge in [0.15, 0.2) is 0 Å². The first-order valence-corrected chi connectivity index (χ1v) is 15.3. The van der Waals surface area contributed by atoms with Gasteiger partial charge in [0.2, 0.25) is 0 Å². The fourth-order valence-electron chi connectivity index (χ4n) is 7.83. The van der Waals surface area contributed by atoms with Crippen LogP contribution in [0.1, 0.15) is 75.5 Å². The van der Waals surface area contributed by atoms with Gasteiger partial charge in [-0.15, -0.1) is 0 Å². The van der Waals surface area contributed by atoms with E-state index in [0.717, 1.165) is 42.5 Å². The lowest BCUT2D eigenvalue weighted by Crippen LogP contribution is -2.50.